The summed E-state index contributed by atoms with van der Waals surface area (Å²) in [5.74, 6) is 1.06. The van der Waals surface area contributed by atoms with Crippen LogP contribution < -0.4 is 16.0 Å². The van der Waals surface area contributed by atoms with Crippen molar-refractivity contribution < 1.29 is 19.1 Å². The highest BCUT2D eigenvalue weighted by Gasteiger charge is 2.18. The highest BCUT2D eigenvalue weighted by molar-refractivity contribution is 5.80. The van der Waals surface area contributed by atoms with Gasteiger partial charge in [-0.25, -0.2) is 4.79 Å². The van der Waals surface area contributed by atoms with Crippen LogP contribution in [0.4, 0.5) is 4.79 Å². The lowest BCUT2D eigenvalue weighted by Crippen LogP contribution is -2.49. The number of unbranched alkanes of at least 4 members (excludes halogenated alkanes) is 1. The van der Waals surface area contributed by atoms with Crippen LogP contribution in [0.25, 0.3) is 0 Å². The summed E-state index contributed by atoms with van der Waals surface area (Å²) in [6.45, 7) is 10.9. The van der Waals surface area contributed by atoms with Crippen LogP contribution in [0.5, 0.6) is 0 Å². The number of aliphatic hydroxyl groups excluding tert-OH is 1. The lowest BCUT2D eigenvalue weighted by molar-refractivity contribution is 0.0522. The van der Waals surface area contributed by atoms with Gasteiger partial charge >= 0.3 is 6.09 Å². The van der Waals surface area contributed by atoms with E-state index in [1.807, 2.05) is 27.7 Å². The van der Waals surface area contributed by atoms with Gasteiger partial charge in [0.05, 0.1) is 12.8 Å². The van der Waals surface area contributed by atoms with Gasteiger partial charge in [-0.3, -0.25) is 4.99 Å². The molecular weight excluding hydrogens is 360 g/mol. The summed E-state index contributed by atoms with van der Waals surface area (Å²) in [6.07, 6.45) is 3.22. The van der Waals surface area contributed by atoms with E-state index in [2.05, 4.69) is 27.9 Å². The van der Waals surface area contributed by atoms with Crippen LogP contribution in [0.2, 0.25) is 0 Å². The Balaban J connectivity index is 2.66. The molecule has 0 bridgehead atoms. The van der Waals surface area contributed by atoms with Gasteiger partial charge in [0.1, 0.15) is 17.5 Å². The second-order valence-corrected chi connectivity index (χ2v) is 7.62. The zero-order valence-electron chi connectivity index (χ0n) is 17.7. The lowest BCUT2D eigenvalue weighted by atomic mass is 10.1. The predicted octanol–water partition coefficient (Wildman–Crippen LogP) is 2.95. The zero-order chi connectivity index (χ0) is 21.0. The molecular formula is C20H36N4O4. The summed E-state index contributed by atoms with van der Waals surface area (Å²) in [7, 11) is 0. The fourth-order valence-corrected chi connectivity index (χ4v) is 2.46. The second kappa shape index (κ2) is 12.3. The third kappa shape index (κ3) is 10.2. The molecule has 0 saturated carbocycles. The van der Waals surface area contributed by atoms with Crippen molar-refractivity contribution in [2.75, 3.05) is 19.6 Å². The fourth-order valence-electron chi connectivity index (χ4n) is 2.46. The van der Waals surface area contributed by atoms with Crippen LogP contribution in [0.3, 0.4) is 0 Å². The van der Waals surface area contributed by atoms with Gasteiger partial charge in [0.15, 0.2) is 5.96 Å². The first-order valence-corrected chi connectivity index (χ1v) is 9.98. The number of aliphatic imine (C=N–C) groups is 1. The molecule has 2 unspecified atom stereocenters. The molecule has 1 amide bonds. The van der Waals surface area contributed by atoms with Crippen LogP contribution in [-0.4, -0.2) is 48.4 Å². The van der Waals surface area contributed by atoms with Crippen LogP contribution >= 0.6 is 0 Å². The number of nitrogens with zero attached hydrogens (tertiary/aromatic N) is 1. The minimum absolute atomic E-state index is 0.00831. The Bertz CT molecular complexity index is 582. The van der Waals surface area contributed by atoms with Crippen molar-refractivity contribution in [3.8, 4) is 0 Å². The van der Waals surface area contributed by atoms with Crippen molar-refractivity contribution in [2.45, 2.75) is 71.6 Å². The number of rotatable bonds is 10. The second-order valence-electron chi connectivity index (χ2n) is 7.62. The molecule has 0 fully saturated rings. The topological polar surface area (TPSA) is 108 Å². The molecule has 2 atom stereocenters. The van der Waals surface area contributed by atoms with Gasteiger partial charge in [-0.15, -0.1) is 0 Å². The van der Waals surface area contributed by atoms with Gasteiger partial charge in [-0.2, -0.15) is 0 Å². The highest BCUT2D eigenvalue weighted by Crippen LogP contribution is 2.13. The summed E-state index contributed by atoms with van der Waals surface area (Å²) in [4.78, 5) is 16.4. The molecule has 28 heavy (non-hydrogen) atoms. The SMILES string of the molecule is CCCCC(CNC(=O)OC(C)(C)C)NC(=NCC(O)c1ccco1)NCC. The number of guanidine groups is 1. The molecule has 0 aliphatic rings. The molecule has 1 rings (SSSR count). The number of hydrogen-bond acceptors (Lipinski definition) is 5. The quantitative estimate of drug-likeness (QED) is 0.358. The van der Waals surface area contributed by atoms with E-state index in [4.69, 9.17) is 9.15 Å². The normalized spacial score (nSPS) is 14.3. The number of alkyl carbamates (subject to hydrolysis) is 1. The molecule has 0 aromatic carbocycles. The fraction of sp³-hybridized carbons (Fsp3) is 0.700. The van der Waals surface area contributed by atoms with Gasteiger partial charge in [-0.1, -0.05) is 19.8 Å². The van der Waals surface area contributed by atoms with Crippen LogP contribution in [0, 0.1) is 0 Å². The first kappa shape index (κ1) is 23.8. The Morgan fingerprint density at radius 3 is 2.64 bits per heavy atom. The third-order valence-corrected chi connectivity index (χ3v) is 3.78. The monoisotopic (exact) mass is 396 g/mol. The molecule has 0 aliphatic heterocycles. The molecule has 4 N–H and O–H groups in total. The zero-order valence-corrected chi connectivity index (χ0v) is 17.7. The third-order valence-electron chi connectivity index (χ3n) is 3.78. The smallest absolute Gasteiger partial charge is 0.407 e. The number of nitrogens with one attached hydrogen (secondary N) is 3. The minimum Gasteiger partial charge on any atom is -0.467 e. The van der Waals surface area contributed by atoms with Gasteiger partial charge in [0, 0.05) is 19.1 Å². The van der Waals surface area contributed by atoms with Crippen molar-refractivity contribution in [1.29, 1.82) is 0 Å². The summed E-state index contributed by atoms with van der Waals surface area (Å²) < 4.78 is 10.5. The van der Waals surface area contributed by atoms with Gasteiger partial charge in [0.25, 0.3) is 0 Å². The van der Waals surface area contributed by atoms with Crippen molar-refractivity contribution in [1.82, 2.24) is 16.0 Å². The first-order chi connectivity index (χ1) is 13.2. The summed E-state index contributed by atoms with van der Waals surface area (Å²) >= 11 is 0. The standard InChI is InChI=1S/C20H36N4O4/c1-6-8-10-15(13-23-19(26)28-20(3,4)5)24-18(21-7-2)22-14-16(25)17-11-9-12-27-17/h9,11-12,15-16,25H,6-8,10,13-14H2,1-5H3,(H,23,26)(H2,21,22,24). The van der Waals surface area contributed by atoms with E-state index in [1.165, 1.54) is 6.26 Å². The van der Waals surface area contributed by atoms with E-state index in [-0.39, 0.29) is 12.6 Å². The summed E-state index contributed by atoms with van der Waals surface area (Å²) in [5, 5.41) is 19.5. The van der Waals surface area contributed by atoms with E-state index in [0.717, 1.165) is 19.3 Å². The Morgan fingerprint density at radius 2 is 2.07 bits per heavy atom. The Kier molecular flexibility index (Phi) is 10.4. The minimum atomic E-state index is -0.806. The van der Waals surface area contributed by atoms with Gasteiger partial charge in [-0.05, 0) is 46.2 Å². The Hall–Kier alpha value is -2.22. The molecule has 8 heteroatoms. The number of aliphatic hydroxyl groups is 1. The number of hydrogen-bond donors (Lipinski definition) is 4. The van der Waals surface area contributed by atoms with Crippen LogP contribution in [0.1, 0.15) is 65.7 Å². The van der Waals surface area contributed by atoms with Gasteiger partial charge in [0.2, 0.25) is 0 Å². The van der Waals surface area contributed by atoms with E-state index in [0.29, 0.717) is 24.8 Å². The molecule has 1 aromatic rings. The van der Waals surface area contributed by atoms with E-state index in [9.17, 15) is 9.90 Å². The molecule has 8 nitrogen and oxygen atoms in total. The molecule has 0 spiro atoms. The number of carbonyl (C=O) groups excluding carboxylic acids is 1. The van der Waals surface area contributed by atoms with E-state index >= 15 is 0 Å². The van der Waals surface area contributed by atoms with Crippen molar-refractivity contribution >= 4 is 12.1 Å². The maximum Gasteiger partial charge on any atom is 0.407 e. The largest absolute Gasteiger partial charge is 0.467 e. The van der Waals surface area contributed by atoms with Crippen molar-refractivity contribution in [3.63, 3.8) is 0 Å². The molecule has 0 aliphatic carbocycles. The number of carbonyl (C=O) groups is 1. The summed E-state index contributed by atoms with van der Waals surface area (Å²) in [5.41, 5.74) is -0.533. The number of furan rings is 1. The summed E-state index contributed by atoms with van der Waals surface area (Å²) in [6, 6.07) is 3.44. The first-order valence-electron chi connectivity index (χ1n) is 9.98. The molecule has 160 valence electrons. The average Bonchev–Trinajstić information content (AvgIpc) is 3.15. The highest BCUT2D eigenvalue weighted by atomic mass is 16.6. The maximum atomic E-state index is 11.9. The lowest BCUT2D eigenvalue weighted by Gasteiger charge is -2.24. The van der Waals surface area contributed by atoms with Crippen molar-refractivity contribution in [2.24, 2.45) is 4.99 Å². The molecule has 0 radical (unpaired) electrons. The molecule has 0 saturated heterocycles. The molecule has 1 heterocycles. The van der Waals surface area contributed by atoms with Gasteiger partial charge < -0.3 is 30.2 Å². The maximum absolute atomic E-state index is 11.9. The van der Waals surface area contributed by atoms with Crippen LogP contribution in [-0.2, 0) is 4.74 Å². The average molecular weight is 397 g/mol. The number of amides is 1. The Morgan fingerprint density at radius 1 is 1.32 bits per heavy atom. The molecule has 1 aromatic heterocycles. The van der Waals surface area contributed by atoms with Crippen LogP contribution in [0.15, 0.2) is 27.8 Å². The van der Waals surface area contributed by atoms with Crippen molar-refractivity contribution in [3.05, 3.63) is 24.2 Å². The number of ether oxygens (including phenoxy) is 1. The predicted molar refractivity (Wildman–Crippen MR) is 110 cm³/mol. The Labute approximate surface area is 168 Å². The van der Waals surface area contributed by atoms with E-state index in [1.54, 1.807) is 12.1 Å². The van der Waals surface area contributed by atoms with E-state index < -0.39 is 17.8 Å².